The first kappa shape index (κ1) is 14.9. The van der Waals surface area contributed by atoms with E-state index in [0.29, 0.717) is 19.6 Å². The van der Waals surface area contributed by atoms with Crippen LogP contribution >= 0.6 is 0 Å². The Labute approximate surface area is 95.1 Å². The van der Waals surface area contributed by atoms with E-state index in [1.54, 1.807) is 6.92 Å². The van der Waals surface area contributed by atoms with Crippen LogP contribution < -0.4 is 11.1 Å². The van der Waals surface area contributed by atoms with E-state index in [1.165, 1.54) is 0 Å². The van der Waals surface area contributed by atoms with E-state index < -0.39 is 18.0 Å². The van der Waals surface area contributed by atoms with Crippen molar-refractivity contribution >= 4 is 11.9 Å². The normalized spacial score (nSPS) is 12.1. The molecule has 0 aliphatic heterocycles. The molecule has 0 spiro atoms. The van der Waals surface area contributed by atoms with Crippen molar-refractivity contribution in [3.63, 3.8) is 0 Å². The summed E-state index contributed by atoms with van der Waals surface area (Å²) in [6.45, 7) is 2.47. The lowest BCUT2D eigenvalue weighted by molar-refractivity contribution is -0.143. The Morgan fingerprint density at radius 2 is 2.12 bits per heavy atom. The zero-order valence-electron chi connectivity index (χ0n) is 9.57. The largest absolute Gasteiger partial charge is 0.480 e. The van der Waals surface area contributed by atoms with Gasteiger partial charge < -0.3 is 15.6 Å². The fourth-order valence-corrected chi connectivity index (χ4v) is 1.22. The number of carboxylic acid groups (broad SMARTS) is 1. The zero-order chi connectivity index (χ0) is 12.4. The standard InChI is InChI=1S/C10H20N2O4/c1-2-16-9(13)7-12-8(10(14)15)5-3-4-6-11/h8,12H,2-7,11H2,1H3,(H,14,15)/t8-/m0/s1. The lowest BCUT2D eigenvalue weighted by Gasteiger charge is -2.13. The molecule has 0 bridgehead atoms. The molecule has 0 saturated heterocycles. The number of nitrogens with two attached hydrogens (primary N) is 1. The number of esters is 1. The van der Waals surface area contributed by atoms with Crippen molar-refractivity contribution in [2.45, 2.75) is 32.2 Å². The predicted molar refractivity (Wildman–Crippen MR) is 59.0 cm³/mol. The van der Waals surface area contributed by atoms with Crippen molar-refractivity contribution in [3.8, 4) is 0 Å². The van der Waals surface area contributed by atoms with Crippen LogP contribution in [-0.4, -0.2) is 42.8 Å². The lowest BCUT2D eigenvalue weighted by atomic mass is 10.1. The Kier molecular flexibility index (Phi) is 8.46. The number of ether oxygens (including phenoxy) is 1. The zero-order valence-corrected chi connectivity index (χ0v) is 9.57. The average molecular weight is 232 g/mol. The second-order valence-corrected chi connectivity index (χ2v) is 3.36. The summed E-state index contributed by atoms with van der Waals surface area (Å²) in [4.78, 5) is 21.8. The molecule has 16 heavy (non-hydrogen) atoms. The van der Waals surface area contributed by atoms with Gasteiger partial charge in [-0.15, -0.1) is 0 Å². The lowest BCUT2D eigenvalue weighted by Crippen LogP contribution is -2.40. The minimum atomic E-state index is -0.957. The number of carbonyl (C=O) groups is 2. The second kappa shape index (κ2) is 9.11. The first-order chi connectivity index (χ1) is 7.61. The molecule has 0 aliphatic carbocycles. The summed E-state index contributed by atoms with van der Waals surface area (Å²) in [7, 11) is 0. The SMILES string of the molecule is CCOC(=O)CN[C@@H](CCCCN)C(=O)O. The molecule has 94 valence electrons. The second-order valence-electron chi connectivity index (χ2n) is 3.36. The van der Waals surface area contributed by atoms with Crippen LogP contribution in [0.3, 0.4) is 0 Å². The third-order valence-electron chi connectivity index (χ3n) is 2.04. The summed E-state index contributed by atoms with van der Waals surface area (Å²) in [5.41, 5.74) is 5.31. The third kappa shape index (κ3) is 7.19. The molecule has 0 radical (unpaired) electrons. The minimum Gasteiger partial charge on any atom is -0.480 e. The van der Waals surface area contributed by atoms with Crippen LogP contribution in [0.15, 0.2) is 0 Å². The molecule has 0 fully saturated rings. The Bertz CT molecular complexity index is 221. The number of hydrogen-bond acceptors (Lipinski definition) is 5. The van der Waals surface area contributed by atoms with E-state index in [0.717, 1.165) is 12.8 Å². The van der Waals surface area contributed by atoms with Crippen LogP contribution in [0, 0.1) is 0 Å². The number of rotatable bonds is 9. The molecule has 6 nitrogen and oxygen atoms in total. The fraction of sp³-hybridized carbons (Fsp3) is 0.800. The van der Waals surface area contributed by atoms with Crippen LogP contribution in [0.1, 0.15) is 26.2 Å². The van der Waals surface area contributed by atoms with Gasteiger partial charge in [-0.1, -0.05) is 6.42 Å². The molecule has 0 aliphatic rings. The Hall–Kier alpha value is -1.14. The van der Waals surface area contributed by atoms with Crippen molar-refractivity contribution in [2.24, 2.45) is 5.73 Å². The van der Waals surface area contributed by atoms with Gasteiger partial charge in [-0.3, -0.25) is 14.9 Å². The molecule has 1 atom stereocenters. The van der Waals surface area contributed by atoms with Crippen molar-refractivity contribution in [2.75, 3.05) is 19.7 Å². The summed E-state index contributed by atoms with van der Waals surface area (Å²) in [5, 5.41) is 11.5. The molecular weight excluding hydrogens is 212 g/mol. The number of aliphatic carboxylic acids is 1. The minimum absolute atomic E-state index is 0.0760. The number of hydrogen-bond donors (Lipinski definition) is 3. The van der Waals surface area contributed by atoms with E-state index in [-0.39, 0.29) is 6.54 Å². The molecule has 0 aromatic rings. The quantitative estimate of drug-likeness (QED) is 0.373. The van der Waals surface area contributed by atoms with Crippen molar-refractivity contribution in [1.82, 2.24) is 5.32 Å². The Balaban J connectivity index is 3.85. The van der Waals surface area contributed by atoms with Gasteiger partial charge in [0.25, 0.3) is 0 Å². The number of carboxylic acids is 1. The van der Waals surface area contributed by atoms with Crippen molar-refractivity contribution < 1.29 is 19.4 Å². The van der Waals surface area contributed by atoms with Crippen LogP contribution in [0.2, 0.25) is 0 Å². The molecular formula is C10H20N2O4. The van der Waals surface area contributed by atoms with Gasteiger partial charge in [0, 0.05) is 0 Å². The third-order valence-corrected chi connectivity index (χ3v) is 2.04. The molecule has 6 heteroatoms. The first-order valence-corrected chi connectivity index (χ1v) is 5.43. The van der Waals surface area contributed by atoms with Gasteiger partial charge >= 0.3 is 11.9 Å². The number of unbranched alkanes of at least 4 members (excludes halogenated alkanes) is 1. The summed E-state index contributed by atoms with van der Waals surface area (Å²) >= 11 is 0. The highest BCUT2D eigenvalue weighted by molar-refractivity contribution is 5.76. The highest BCUT2D eigenvalue weighted by atomic mass is 16.5. The maximum atomic E-state index is 11.0. The molecule has 0 amide bonds. The monoisotopic (exact) mass is 232 g/mol. The average Bonchev–Trinajstić information content (AvgIpc) is 2.23. The molecule has 0 rings (SSSR count). The van der Waals surface area contributed by atoms with Gasteiger partial charge in [-0.2, -0.15) is 0 Å². The molecule has 0 saturated carbocycles. The summed E-state index contributed by atoms with van der Waals surface area (Å²) in [6.07, 6.45) is 1.97. The van der Waals surface area contributed by atoms with E-state index in [4.69, 9.17) is 10.8 Å². The molecule has 0 aromatic heterocycles. The summed E-state index contributed by atoms with van der Waals surface area (Å²) in [6, 6.07) is -0.712. The van der Waals surface area contributed by atoms with Crippen LogP contribution in [0.25, 0.3) is 0 Å². The molecule has 0 heterocycles. The molecule has 0 aromatic carbocycles. The number of nitrogens with one attached hydrogen (secondary N) is 1. The summed E-state index contributed by atoms with van der Waals surface area (Å²) in [5.74, 6) is -1.39. The van der Waals surface area contributed by atoms with E-state index in [1.807, 2.05) is 0 Å². The highest BCUT2D eigenvalue weighted by Gasteiger charge is 2.17. The van der Waals surface area contributed by atoms with Gasteiger partial charge in [0.2, 0.25) is 0 Å². The van der Waals surface area contributed by atoms with Gasteiger partial charge in [0.05, 0.1) is 13.2 Å². The van der Waals surface area contributed by atoms with Crippen molar-refractivity contribution in [1.29, 1.82) is 0 Å². The van der Waals surface area contributed by atoms with E-state index in [2.05, 4.69) is 10.1 Å². The van der Waals surface area contributed by atoms with Crippen LogP contribution in [-0.2, 0) is 14.3 Å². The number of carbonyl (C=O) groups excluding carboxylic acids is 1. The topological polar surface area (TPSA) is 102 Å². The van der Waals surface area contributed by atoms with Gasteiger partial charge in [0.15, 0.2) is 0 Å². The maximum absolute atomic E-state index is 11.0. The molecule has 4 N–H and O–H groups in total. The first-order valence-electron chi connectivity index (χ1n) is 5.43. The Morgan fingerprint density at radius 1 is 1.44 bits per heavy atom. The van der Waals surface area contributed by atoms with Crippen LogP contribution in [0.4, 0.5) is 0 Å². The Morgan fingerprint density at radius 3 is 2.62 bits per heavy atom. The van der Waals surface area contributed by atoms with E-state index in [9.17, 15) is 9.59 Å². The van der Waals surface area contributed by atoms with Crippen molar-refractivity contribution in [3.05, 3.63) is 0 Å². The highest BCUT2D eigenvalue weighted by Crippen LogP contribution is 2.00. The van der Waals surface area contributed by atoms with E-state index >= 15 is 0 Å². The van der Waals surface area contributed by atoms with Crippen LogP contribution in [0.5, 0.6) is 0 Å². The van der Waals surface area contributed by atoms with Gasteiger partial charge in [0.1, 0.15) is 6.04 Å². The van der Waals surface area contributed by atoms with Gasteiger partial charge in [-0.25, -0.2) is 0 Å². The smallest absolute Gasteiger partial charge is 0.320 e. The summed E-state index contributed by atoms with van der Waals surface area (Å²) < 4.78 is 4.68. The van der Waals surface area contributed by atoms with Gasteiger partial charge in [-0.05, 0) is 26.3 Å². The maximum Gasteiger partial charge on any atom is 0.320 e. The predicted octanol–water partition coefficient (Wildman–Crippen LogP) is -0.279. The molecule has 0 unspecified atom stereocenters. The fourth-order valence-electron chi connectivity index (χ4n) is 1.22.